The highest BCUT2D eigenvalue weighted by atomic mass is 19.4. The number of hydrogen-bond donors (Lipinski definition) is 3. The van der Waals surface area contributed by atoms with Crippen molar-refractivity contribution in [1.82, 2.24) is 0 Å². The van der Waals surface area contributed by atoms with Crippen LogP contribution in [0.4, 0.5) is 13.2 Å². The maximum atomic E-state index is 12.8. The first-order chi connectivity index (χ1) is 18.1. The van der Waals surface area contributed by atoms with Crippen LogP contribution in [-0.4, -0.2) is 52.7 Å². The second-order valence-corrected chi connectivity index (χ2v) is 9.82. The zero-order valence-electron chi connectivity index (χ0n) is 21.3. The maximum Gasteiger partial charge on any atom is 0.416 e. The summed E-state index contributed by atoms with van der Waals surface area (Å²) < 4.78 is 54.5. The van der Waals surface area contributed by atoms with Gasteiger partial charge < -0.3 is 29.5 Å². The highest BCUT2D eigenvalue weighted by Crippen LogP contribution is 2.36. The molecular weight excluding hydrogens is 505 g/mol. The largest absolute Gasteiger partial charge is 0.493 e. The molecule has 1 saturated carbocycles. The zero-order chi connectivity index (χ0) is 27.6. The van der Waals surface area contributed by atoms with Crippen LogP contribution in [0.5, 0.6) is 5.75 Å². The van der Waals surface area contributed by atoms with E-state index in [1.807, 2.05) is 12.2 Å². The Balaban J connectivity index is 1.41. The number of aliphatic hydroxyl groups excluding tert-OH is 1. The Labute approximate surface area is 220 Å². The fraction of sp³-hybridized carbons (Fsp3) is 0.607. The van der Waals surface area contributed by atoms with Crippen LogP contribution in [0.25, 0.3) is 0 Å². The van der Waals surface area contributed by atoms with E-state index in [-0.39, 0.29) is 18.8 Å². The van der Waals surface area contributed by atoms with Gasteiger partial charge in [0.15, 0.2) is 6.29 Å². The quantitative estimate of drug-likeness (QED) is 0.173. The van der Waals surface area contributed by atoms with Crippen LogP contribution >= 0.6 is 0 Å². The standard InChI is InChI=1S/C28H37F3O7/c29-28(30,31)22-13-8-14-23(19-22)36-17-5-3-10-21-12-7-11-20(21)9-1-2-15-24(32)27(35,26(33)34)38-25-16-4-6-18-37-25/h1-3,8,10,13-14,19-21,24-25,32,35H,4-7,9,11-12,15-18H2,(H,33,34)/t20-,21-,24?,25?,27?/m0/s1. The third-order valence-corrected chi connectivity index (χ3v) is 6.99. The minimum Gasteiger partial charge on any atom is -0.493 e. The van der Waals surface area contributed by atoms with Crippen LogP contribution in [-0.2, 0) is 20.4 Å². The predicted molar refractivity (Wildman–Crippen MR) is 133 cm³/mol. The lowest BCUT2D eigenvalue weighted by Crippen LogP contribution is -2.54. The van der Waals surface area contributed by atoms with Crippen molar-refractivity contribution in [3.8, 4) is 5.75 Å². The number of carbonyl (C=O) groups is 1. The van der Waals surface area contributed by atoms with Crippen LogP contribution < -0.4 is 4.74 Å². The molecule has 1 saturated heterocycles. The highest BCUT2D eigenvalue weighted by Gasteiger charge is 2.47. The van der Waals surface area contributed by atoms with Crippen molar-refractivity contribution in [2.75, 3.05) is 13.2 Å². The highest BCUT2D eigenvalue weighted by molar-refractivity contribution is 5.76. The number of ether oxygens (including phenoxy) is 3. The normalized spacial score (nSPS) is 25.0. The van der Waals surface area contributed by atoms with E-state index in [0.717, 1.165) is 50.7 Å². The van der Waals surface area contributed by atoms with Gasteiger partial charge in [-0.2, -0.15) is 13.2 Å². The molecule has 38 heavy (non-hydrogen) atoms. The number of carboxylic acid groups (broad SMARTS) is 1. The molecule has 0 spiro atoms. The summed E-state index contributed by atoms with van der Waals surface area (Å²) in [4.78, 5) is 11.6. The smallest absolute Gasteiger partial charge is 0.416 e. The van der Waals surface area contributed by atoms with E-state index in [2.05, 4.69) is 6.08 Å². The van der Waals surface area contributed by atoms with Crippen molar-refractivity contribution in [3.05, 3.63) is 54.1 Å². The number of benzene rings is 1. The lowest BCUT2D eigenvalue weighted by molar-refractivity contribution is -0.319. The second kappa shape index (κ2) is 14.1. The van der Waals surface area contributed by atoms with Crippen LogP contribution in [0, 0.1) is 11.8 Å². The zero-order valence-corrected chi connectivity index (χ0v) is 21.3. The van der Waals surface area contributed by atoms with E-state index in [1.165, 1.54) is 12.1 Å². The molecule has 1 aromatic carbocycles. The van der Waals surface area contributed by atoms with Gasteiger partial charge in [-0.05, 0) is 81.4 Å². The van der Waals surface area contributed by atoms with Crippen LogP contribution in [0.15, 0.2) is 48.6 Å². The van der Waals surface area contributed by atoms with Crippen molar-refractivity contribution in [2.24, 2.45) is 11.8 Å². The predicted octanol–water partition coefficient (Wildman–Crippen LogP) is 5.46. The molecule has 10 heteroatoms. The molecule has 0 radical (unpaired) electrons. The minimum atomic E-state index is -4.40. The lowest BCUT2D eigenvalue weighted by Gasteiger charge is -2.33. The van der Waals surface area contributed by atoms with Gasteiger partial charge in [0.1, 0.15) is 11.9 Å². The summed E-state index contributed by atoms with van der Waals surface area (Å²) >= 11 is 0. The molecule has 1 aliphatic heterocycles. The van der Waals surface area contributed by atoms with E-state index < -0.39 is 35.9 Å². The number of allylic oxidation sites excluding steroid dienone is 2. The van der Waals surface area contributed by atoms with Gasteiger partial charge in [0.25, 0.3) is 5.79 Å². The van der Waals surface area contributed by atoms with Gasteiger partial charge in [-0.15, -0.1) is 0 Å². The average molecular weight is 543 g/mol. The number of rotatable bonds is 13. The fourth-order valence-corrected chi connectivity index (χ4v) is 4.82. The Bertz CT molecular complexity index is 943. The molecule has 1 aromatic rings. The second-order valence-electron chi connectivity index (χ2n) is 9.82. The lowest BCUT2D eigenvalue weighted by atomic mass is 9.92. The van der Waals surface area contributed by atoms with E-state index in [9.17, 15) is 33.3 Å². The summed E-state index contributed by atoms with van der Waals surface area (Å²) in [5.74, 6) is -3.49. The Hall–Kier alpha value is -2.40. The molecule has 3 unspecified atom stereocenters. The van der Waals surface area contributed by atoms with E-state index in [1.54, 1.807) is 6.08 Å². The summed E-state index contributed by atoms with van der Waals surface area (Å²) in [6, 6.07) is 4.83. The van der Waals surface area contributed by atoms with Gasteiger partial charge in [-0.1, -0.05) is 36.8 Å². The number of halogens is 3. The maximum absolute atomic E-state index is 12.8. The van der Waals surface area contributed by atoms with Crippen molar-refractivity contribution < 1.29 is 47.5 Å². The fourth-order valence-electron chi connectivity index (χ4n) is 4.82. The molecule has 0 aromatic heterocycles. The van der Waals surface area contributed by atoms with Gasteiger partial charge in [-0.3, -0.25) is 0 Å². The molecule has 3 N–H and O–H groups in total. The molecule has 3 rings (SSSR count). The molecule has 7 nitrogen and oxygen atoms in total. The van der Waals surface area contributed by atoms with Crippen molar-refractivity contribution in [3.63, 3.8) is 0 Å². The average Bonchev–Trinajstić information content (AvgIpc) is 3.33. The number of carboxylic acids is 1. The van der Waals surface area contributed by atoms with E-state index in [4.69, 9.17) is 14.2 Å². The van der Waals surface area contributed by atoms with Gasteiger partial charge in [-0.25, -0.2) is 4.79 Å². The van der Waals surface area contributed by atoms with Gasteiger partial charge in [0.2, 0.25) is 0 Å². The van der Waals surface area contributed by atoms with Crippen molar-refractivity contribution in [2.45, 2.75) is 82.1 Å². The summed E-state index contributed by atoms with van der Waals surface area (Å²) in [6.45, 7) is 0.684. The molecule has 1 heterocycles. The van der Waals surface area contributed by atoms with Gasteiger partial charge in [0.05, 0.1) is 12.2 Å². The van der Waals surface area contributed by atoms with E-state index in [0.29, 0.717) is 31.3 Å². The molecule has 212 valence electrons. The monoisotopic (exact) mass is 542 g/mol. The first-order valence-corrected chi connectivity index (χ1v) is 13.1. The third-order valence-electron chi connectivity index (χ3n) is 6.99. The summed E-state index contributed by atoms with van der Waals surface area (Å²) in [7, 11) is 0. The number of aliphatic hydroxyl groups is 2. The van der Waals surface area contributed by atoms with Crippen LogP contribution in [0.3, 0.4) is 0 Å². The SMILES string of the molecule is O=C(O)C(O)(OC1CCCCO1)C(O)CC=CC[C@H]1CCC[C@@H]1C=CCCOc1cccc(C(F)(F)F)c1. The Morgan fingerprint density at radius 1 is 1.13 bits per heavy atom. The number of alkyl halides is 3. The molecule has 5 atom stereocenters. The van der Waals surface area contributed by atoms with Crippen LogP contribution in [0.1, 0.15) is 63.4 Å². The molecule has 2 aliphatic rings. The Morgan fingerprint density at radius 2 is 1.95 bits per heavy atom. The van der Waals surface area contributed by atoms with Crippen molar-refractivity contribution in [1.29, 1.82) is 0 Å². The molecule has 1 aliphatic carbocycles. The Kier molecular flexibility index (Phi) is 11.2. The molecule has 0 bridgehead atoms. The van der Waals surface area contributed by atoms with Gasteiger partial charge >= 0.3 is 12.1 Å². The summed E-state index contributed by atoms with van der Waals surface area (Å²) in [6.07, 6.45) is 7.15. The van der Waals surface area contributed by atoms with Gasteiger partial charge in [0, 0.05) is 6.61 Å². The molecular formula is C28H37F3O7. The molecule has 2 fully saturated rings. The van der Waals surface area contributed by atoms with Crippen molar-refractivity contribution >= 4 is 5.97 Å². The number of hydrogen-bond acceptors (Lipinski definition) is 6. The summed E-state index contributed by atoms with van der Waals surface area (Å²) in [5, 5.41) is 30.3. The molecule has 0 amide bonds. The van der Waals surface area contributed by atoms with Crippen LogP contribution in [0.2, 0.25) is 0 Å². The Morgan fingerprint density at radius 3 is 2.66 bits per heavy atom. The van der Waals surface area contributed by atoms with E-state index >= 15 is 0 Å². The summed E-state index contributed by atoms with van der Waals surface area (Å²) in [5.41, 5.74) is -0.738. The first kappa shape index (κ1) is 30.1. The first-order valence-electron chi connectivity index (χ1n) is 13.1. The number of aliphatic carboxylic acids is 1. The third kappa shape index (κ3) is 8.83. The topological polar surface area (TPSA) is 105 Å². The minimum absolute atomic E-state index is 0.0877.